The fourth-order valence-corrected chi connectivity index (χ4v) is 2.89. The van der Waals surface area contributed by atoms with E-state index in [1.807, 2.05) is 0 Å². The quantitative estimate of drug-likeness (QED) is 0.869. The second-order valence-corrected chi connectivity index (χ2v) is 5.97. The summed E-state index contributed by atoms with van der Waals surface area (Å²) in [4.78, 5) is 12.1. The number of amides is 1. The Kier molecular flexibility index (Phi) is 5.57. The maximum atomic E-state index is 12.1. The Hall–Kier alpha value is -2.51. The summed E-state index contributed by atoms with van der Waals surface area (Å²) in [5.41, 5.74) is 0.721. The van der Waals surface area contributed by atoms with Crippen molar-refractivity contribution >= 4 is 5.91 Å². The third-order valence-electron chi connectivity index (χ3n) is 4.14. The Morgan fingerprint density at radius 1 is 1.20 bits per heavy atom. The second kappa shape index (κ2) is 8.04. The zero-order valence-electron chi connectivity index (χ0n) is 13.8. The predicted molar refractivity (Wildman–Crippen MR) is 86.2 cm³/mol. The molecule has 6 nitrogen and oxygen atoms in total. The largest absolute Gasteiger partial charge is 0.435 e. The highest BCUT2D eigenvalue weighted by molar-refractivity contribution is 5.78. The molecule has 2 aromatic rings. The van der Waals surface area contributed by atoms with Crippen LogP contribution in [-0.4, -0.2) is 27.3 Å². The molecular weight excluding hydrogens is 330 g/mol. The van der Waals surface area contributed by atoms with E-state index in [4.69, 9.17) is 0 Å². The lowest BCUT2D eigenvalue weighted by molar-refractivity contribution is -0.120. The third kappa shape index (κ3) is 4.74. The number of hydrogen-bond donors (Lipinski definition) is 1. The van der Waals surface area contributed by atoms with Crippen molar-refractivity contribution in [3.05, 3.63) is 41.5 Å². The Morgan fingerprint density at radius 3 is 2.76 bits per heavy atom. The molecule has 134 valence electrons. The van der Waals surface area contributed by atoms with Gasteiger partial charge in [0.15, 0.2) is 5.82 Å². The molecule has 1 aromatic carbocycles. The zero-order chi connectivity index (χ0) is 17.6. The number of hydrogen-bond acceptors (Lipinski definition) is 4. The van der Waals surface area contributed by atoms with Crippen LogP contribution >= 0.6 is 0 Å². The van der Waals surface area contributed by atoms with Crippen LogP contribution in [0.3, 0.4) is 0 Å². The van der Waals surface area contributed by atoms with Crippen LogP contribution in [0, 0.1) is 0 Å². The number of carbonyl (C=O) groups is 1. The van der Waals surface area contributed by atoms with Crippen LogP contribution in [0.15, 0.2) is 24.3 Å². The van der Waals surface area contributed by atoms with Crippen molar-refractivity contribution < 1.29 is 18.3 Å². The van der Waals surface area contributed by atoms with Crippen molar-refractivity contribution in [3.8, 4) is 5.75 Å². The van der Waals surface area contributed by atoms with E-state index in [-0.39, 0.29) is 18.1 Å². The Labute approximate surface area is 144 Å². The van der Waals surface area contributed by atoms with Crippen LogP contribution in [0.5, 0.6) is 5.75 Å². The molecule has 25 heavy (non-hydrogen) atoms. The van der Waals surface area contributed by atoms with Gasteiger partial charge in [-0.2, -0.15) is 8.78 Å². The molecule has 1 aliphatic heterocycles. The van der Waals surface area contributed by atoms with Gasteiger partial charge in [0.05, 0.1) is 13.0 Å². The van der Waals surface area contributed by atoms with Gasteiger partial charge in [-0.3, -0.25) is 4.79 Å². The fourth-order valence-electron chi connectivity index (χ4n) is 2.89. The molecule has 3 rings (SSSR count). The zero-order valence-corrected chi connectivity index (χ0v) is 13.8. The number of ether oxygens (including phenoxy) is 1. The summed E-state index contributed by atoms with van der Waals surface area (Å²) in [6, 6.07) is 6.04. The topological polar surface area (TPSA) is 69.0 Å². The van der Waals surface area contributed by atoms with Crippen LogP contribution in [0.4, 0.5) is 8.78 Å². The smallest absolute Gasteiger partial charge is 0.387 e. The molecular formula is C17H20F2N4O2. The average molecular weight is 350 g/mol. The Morgan fingerprint density at radius 2 is 2.00 bits per heavy atom. The predicted octanol–water partition coefficient (Wildman–Crippen LogP) is 2.46. The Bertz CT molecular complexity index is 716. The molecule has 8 heteroatoms. The van der Waals surface area contributed by atoms with Crippen molar-refractivity contribution in [1.82, 2.24) is 20.1 Å². The van der Waals surface area contributed by atoms with Gasteiger partial charge in [-0.05, 0) is 30.5 Å². The van der Waals surface area contributed by atoms with E-state index in [1.54, 1.807) is 12.1 Å². The first-order chi connectivity index (χ1) is 12.1. The molecule has 0 unspecified atom stereocenters. The van der Waals surface area contributed by atoms with E-state index in [9.17, 15) is 13.6 Å². The van der Waals surface area contributed by atoms with E-state index < -0.39 is 6.61 Å². The SMILES string of the molecule is O=C(Cc1ccc(OC(F)F)cc1)NCc1nnc2n1CCCCC2. The van der Waals surface area contributed by atoms with Gasteiger partial charge < -0.3 is 14.6 Å². The number of nitrogens with zero attached hydrogens (tertiary/aromatic N) is 3. The summed E-state index contributed by atoms with van der Waals surface area (Å²) in [6.07, 6.45) is 4.49. The van der Waals surface area contributed by atoms with Gasteiger partial charge in [-0.1, -0.05) is 18.6 Å². The van der Waals surface area contributed by atoms with E-state index >= 15 is 0 Å². The number of halogens is 2. The molecule has 2 heterocycles. The van der Waals surface area contributed by atoms with E-state index in [1.165, 1.54) is 18.6 Å². The van der Waals surface area contributed by atoms with Crippen LogP contribution in [0.1, 0.15) is 36.5 Å². The minimum absolute atomic E-state index is 0.0744. The van der Waals surface area contributed by atoms with Crippen LogP contribution in [0.25, 0.3) is 0 Å². The number of benzene rings is 1. The third-order valence-corrected chi connectivity index (χ3v) is 4.14. The van der Waals surface area contributed by atoms with Gasteiger partial charge >= 0.3 is 6.61 Å². The number of aromatic nitrogens is 3. The molecule has 1 aliphatic rings. The minimum atomic E-state index is -2.85. The number of nitrogens with one attached hydrogen (secondary N) is 1. The number of alkyl halides is 2. The highest BCUT2D eigenvalue weighted by Crippen LogP contribution is 2.16. The second-order valence-electron chi connectivity index (χ2n) is 5.97. The number of carbonyl (C=O) groups excluding carboxylic acids is 1. The van der Waals surface area contributed by atoms with E-state index in [0.29, 0.717) is 6.54 Å². The van der Waals surface area contributed by atoms with Gasteiger partial charge in [0.1, 0.15) is 11.6 Å². The summed E-state index contributed by atoms with van der Waals surface area (Å²) in [7, 11) is 0. The first-order valence-corrected chi connectivity index (χ1v) is 8.33. The van der Waals surface area contributed by atoms with Gasteiger partial charge in [-0.25, -0.2) is 0 Å². The monoisotopic (exact) mass is 350 g/mol. The first kappa shape index (κ1) is 17.3. The minimum Gasteiger partial charge on any atom is -0.435 e. The van der Waals surface area contributed by atoms with Crippen LogP contribution in [0.2, 0.25) is 0 Å². The van der Waals surface area contributed by atoms with Crippen molar-refractivity contribution in [3.63, 3.8) is 0 Å². The van der Waals surface area contributed by atoms with Crippen molar-refractivity contribution in [2.24, 2.45) is 0 Å². The lowest BCUT2D eigenvalue weighted by atomic mass is 10.1. The molecule has 0 bridgehead atoms. The van der Waals surface area contributed by atoms with Gasteiger partial charge in [0, 0.05) is 13.0 Å². The molecule has 0 fully saturated rings. The first-order valence-electron chi connectivity index (χ1n) is 8.33. The van der Waals surface area contributed by atoms with E-state index in [2.05, 4.69) is 24.8 Å². The van der Waals surface area contributed by atoms with Crippen molar-refractivity contribution in [1.29, 1.82) is 0 Å². The molecule has 0 atom stereocenters. The highest BCUT2D eigenvalue weighted by Gasteiger charge is 2.15. The number of aryl methyl sites for hydroxylation is 1. The molecule has 0 saturated carbocycles. The number of rotatable bonds is 6. The van der Waals surface area contributed by atoms with Crippen LogP contribution < -0.4 is 10.1 Å². The molecule has 0 radical (unpaired) electrons. The van der Waals surface area contributed by atoms with Gasteiger partial charge in [-0.15, -0.1) is 10.2 Å². The highest BCUT2D eigenvalue weighted by atomic mass is 19.3. The molecule has 1 N–H and O–H groups in total. The van der Waals surface area contributed by atoms with Gasteiger partial charge in [0.25, 0.3) is 0 Å². The lowest BCUT2D eigenvalue weighted by Gasteiger charge is -2.09. The molecule has 0 spiro atoms. The number of fused-ring (bicyclic) bond motifs is 1. The summed E-state index contributed by atoms with van der Waals surface area (Å²) in [6.45, 7) is -1.63. The van der Waals surface area contributed by atoms with E-state index in [0.717, 1.165) is 43.0 Å². The van der Waals surface area contributed by atoms with Gasteiger partial charge in [0.2, 0.25) is 5.91 Å². The maximum Gasteiger partial charge on any atom is 0.387 e. The lowest BCUT2D eigenvalue weighted by Crippen LogP contribution is -2.26. The average Bonchev–Trinajstić information content (AvgIpc) is 2.81. The molecule has 1 amide bonds. The standard InChI is InChI=1S/C17H20F2N4O2/c18-17(19)25-13-7-5-12(6-8-13)10-16(24)20-11-15-22-21-14-4-2-1-3-9-23(14)15/h5-8,17H,1-4,9-11H2,(H,20,24). The molecule has 0 saturated heterocycles. The fraction of sp³-hybridized carbons (Fsp3) is 0.471. The van der Waals surface area contributed by atoms with Crippen molar-refractivity contribution in [2.45, 2.75) is 51.8 Å². The summed E-state index contributed by atoms with van der Waals surface area (Å²) in [5, 5.41) is 11.2. The normalized spacial score (nSPS) is 14.0. The van der Waals surface area contributed by atoms with Crippen molar-refractivity contribution in [2.75, 3.05) is 0 Å². The molecule has 1 aromatic heterocycles. The van der Waals surface area contributed by atoms with Crippen LogP contribution in [-0.2, 0) is 30.7 Å². The molecule has 0 aliphatic carbocycles. The Balaban J connectivity index is 1.52. The summed E-state index contributed by atoms with van der Waals surface area (Å²) >= 11 is 0. The maximum absolute atomic E-state index is 12.1. The summed E-state index contributed by atoms with van der Waals surface area (Å²) < 4.78 is 30.6. The summed E-state index contributed by atoms with van der Waals surface area (Å²) in [5.74, 6) is 1.67.